The molecule has 4 aromatic carbocycles. The van der Waals surface area contributed by atoms with Crippen molar-refractivity contribution in [3.05, 3.63) is 156 Å². The first-order chi connectivity index (χ1) is 21.1. The first kappa shape index (κ1) is 27.7. The molecule has 2 heterocycles. The number of hydrogen-bond donors (Lipinski definition) is 3. The molecule has 0 aliphatic heterocycles. The molecule has 0 fully saturated rings. The third kappa shape index (κ3) is 5.31. The third-order valence-electron chi connectivity index (χ3n) is 7.57. The Morgan fingerprint density at radius 3 is 1.86 bits per heavy atom. The minimum Gasteiger partial charge on any atom is -0.382 e. The lowest BCUT2D eigenvalue weighted by Crippen LogP contribution is -2.38. The zero-order valence-electron chi connectivity index (χ0n) is 23.7. The van der Waals surface area contributed by atoms with Crippen LogP contribution in [0.5, 0.6) is 0 Å². The predicted octanol–water partition coefficient (Wildman–Crippen LogP) is 6.36. The molecule has 0 spiro atoms. The molecular formula is C35H32N6O2. The molecule has 6 rings (SSSR count). The van der Waals surface area contributed by atoms with Gasteiger partial charge in [-0.2, -0.15) is 5.10 Å². The van der Waals surface area contributed by atoms with Crippen molar-refractivity contribution < 1.29 is 9.53 Å². The van der Waals surface area contributed by atoms with Crippen LogP contribution >= 0.6 is 0 Å². The summed E-state index contributed by atoms with van der Waals surface area (Å²) in [5.41, 5.74) is 10.3. The zero-order chi connectivity index (χ0) is 29.6. The maximum absolute atomic E-state index is 13.2. The van der Waals surface area contributed by atoms with Gasteiger partial charge in [-0.25, -0.2) is 14.5 Å². The van der Waals surface area contributed by atoms with Crippen molar-refractivity contribution in [1.82, 2.24) is 20.1 Å². The number of methoxy groups -OCH3 is 1. The van der Waals surface area contributed by atoms with Gasteiger partial charge in [-0.05, 0) is 22.3 Å². The monoisotopic (exact) mass is 568 g/mol. The van der Waals surface area contributed by atoms with Gasteiger partial charge in [0.05, 0.1) is 23.6 Å². The second-order valence-corrected chi connectivity index (χ2v) is 10.2. The van der Waals surface area contributed by atoms with Crippen LogP contribution in [0.4, 0.5) is 16.4 Å². The van der Waals surface area contributed by atoms with Gasteiger partial charge in [0.15, 0.2) is 5.82 Å². The van der Waals surface area contributed by atoms with E-state index in [1.807, 2.05) is 95.7 Å². The van der Waals surface area contributed by atoms with Crippen molar-refractivity contribution in [3.8, 4) is 0 Å². The number of aromatic nitrogens is 3. The fourth-order valence-electron chi connectivity index (χ4n) is 5.65. The van der Waals surface area contributed by atoms with Crippen molar-refractivity contribution in [2.75, 3.05) is 24.8 Å². The van der Waals surface area contributed by atoms with Gasteiger partial charge in [0.2, 0.25) is 0 Å². The molecule has 1 unspecified atom stereocenters. The number of nitrogens with zero attached hydrogens (tertiary/aromatic N) is 3. The molecule has 0 saturated heterocycles. The van der Waals surface area contributed by atoms with Crippen molar-refractivity contribution in [3.63, 3.8) is 0 Å². The van der Waals surface area contributed by atoms with Gasteiger partial charge >= 0.3 is 6.03 Å². The van der Waals surface area contributed by atoms with Gasteiger partial charge in [0.1, 0.15) is 11.4 Å². The fraction of sp³-hybridized carbons (Fsp3) is 0.114. The SMILES string of the molecule is COCC(NC(=O)Nc1cc2c(cn1)c(N)nn2C(c1ccccc1)(c1ccccc1)c1ccccc1)c1ccccc1. The lowest BCUT2D eigenvalue weighted by Gasteiger charge is -2.37. The molecule has 0 saturated carbocycles. The largest absolute Gasteiger partial charge is 0.382 e. The van der Waals surface area contributed by atoms with Crippen LogP contribution < -0.4 is 16.4 Å². The minimum atomic E-state index is -0.878. The number of ether oxygens (including phenoxy) is 1. The lowest BCUT2D eigenvalue weighted by atomic mass is 9.77. The van der Waals surface area contributed by atoms with Gasteiger partial charge in [-0.15, -0.1) is 0 Å². The normalized spacial score (nSPS) is 12.1. The maximum Gasteiger partial charge on any atom is 0.320 e. The molecule has 2 aromatic heterocycles. The second-order valence-electron chi connectivity index (χ2n) is 10.2. The Morgan fingerprint density at radius 1 is 0.837 bits per heavy atom. The summed E-state index contributed by atoms with van der Waals surface area (Å²) in [6.07, 6.45) is 1.65. The molecular weight excluding hydrogens is 536 g/mol. The Bertz CT molecular complexity index is 1710. The number of carbonyl (C=O) groups excluding carboxylic acids is 1. The molecule has 4 N–H and O–H groups in total. The number of benzene rings is 4. The number of fused-ring (bicyclic) bond motifs is 1. The number of nitrogen functional groups attached to an aromatic ring is 1. The van der Waals surface area contributed by atoms with Gasteiger partial charge in [0, 0.05) is 19.4 Å². The van der Waals surface area contributed by atoms with Crippen LogP contribution in [0.3, 0.4) is 0 Å². The number of amides is 2. The van der Waals surface area contributed by atoms with Crippen molar-refractivity contribution >= 4 is 28.6 Å². The highest BCUT2D eigenvalue weighted by Gasteiger charge is 2.40. The summed E-state index contributed by atoms with van der Waals surface area (Å²) in [5, 5.41) is 11.5. The number of hydrogen-bond acceptors (Lipinski definition) is 5. The number of anilines is 2. The number of nitrogens with one attached hydrogen (secondary N) is 2. The molecule has 0 bridgehead atoms. The maximum atomic E-state index is 13.2. The Labute approximate surface area is 250 Å². The van der Waals surface area contributed by atoms with E-state index in [1.54, 1.807) is 13.3 Å². The van der Waals surface area contributed by atoms with Crippen LogP contribution in [0.2, 0.25) is 0 Å². The van der Waals surface area contributed by atoms with Crippen molar-refractivity contribution in [2.45, 2.75) is 11.6 Å². The van der Waals surface area contributed by atoms with E-state index in [-0.39, 0.29) is 6.04 Å². The highest BCUT2D eigenvalue weighted by Crippen LogP contribution is 2.43. The van der Waals surface area contributed by atoms with Crippen LogP contribution in [0.25, 0.3) is 10.9 Å². The van der Waals surface area contributed by atoms with E-state index >= 15 is 0 Å². The van der Waals surface area contributed by atoms with Crippen LogP contribution in [-0.4, -0.2) is 34.5 Å². The topological polar surface area (TPSA) is 107 Å². The van der Waals surface area contributed by atoms with Crippen LogP contribution in [-0.2, 0) is 10.3 Å². The zero-order valence-corrected chi connectivity index (χ0v) is 23.7. The van der Waals surface area contributed by atoms with Crippen LogP contribution in [0, 0.1) is 0 Å². The number of nitrogens with two attached hydrogens (primary N) is 1. The third-order valence-corrected chi connectivity index (χ3v) is 7.57. The number of rotatable bonds is 9. The Morgan fingerprint density at radius 2 is 1.35 bits per heavy atom. The van der Waals surface area contributed by atoms with Crippen molar-refractivity contribution in [1.29, 1.82) is 0 Å². The Hall–Kier alpha value is -5.47. The Kier molecular flexibility index (Phi) is 7.84. The summed E-state index contributed by atoms with van der Waals surface area (Å²) in [5.74, 6) is 0.702. The summed E-state index contributed by atoms with van der Waals surface area (Å²) >= 11 is 0. The average molecular weight is 569 g/mol. The summed E-state index contributed by atoms with van der Waals surface area (Å²) in [6, 6.07) is 41.4. The summed E-state index contributed by atoms with van der Waals surface area (Å²) in [4.78, 5) is 17.7. The first-order valence-corrected chi connectivity index (χ1v) is 14.0. The van der Waals surface area contributed by atoms with Gasteiger partial charge in [-0.1, -0.05) is 121 Å². The fourth-order valence-corrected chi connectivity index (χ4v) is 5.65. The van der Waals surface area contributed by atoms with Gasteiger partial charge < -0.3 is 15.8 Å². The van der Waals surface area contributed by atoms with E-state index in [9.17, 15) is 4.79 Å². The van der Waals surface area contributed by atoms with E-state index in [4.69, 9.17) is 15.6 Å². The summed E-state index contributed by atoms with van der Waals surface area (Å²) in [7, 11) is 1.61. The molecule has 2 amide bonds. The first-order valence-electron chi connectivity index (χ1n) is 14.0. The van der Waals surface area contributed by atoms with E-state index in [0.29, 0.717) is 23.6 Å². The number of carbonyl (C=O) groups is 1. The molecule has 0 aliphatic rings. The summed E-state index contributed by atoms with van der Waals surface area (Å²) < 4.78 is 7.31. The van der Waals surface area contributed by atoms with Crippen LogP contribution in [0.1, 0.15) is 28.3 Å². The molecule has 0 aliphatic carbocycles. The predicted molar refractivity (Wildman–Crippen MR) is 170 cm³/mol. The quantitative estimate of drug-likeness (QED) is 0.176. The van der Waals surface area contributed by atoms with E-state index < -0.39 is 11.6 Å². The molecule has 1 atom stereocenters. The molecule has 8 heteroatoms. The molecule has 0 radical (unpaired) electrons. The Balaban J connectivity index is 1.48. The highest BCUT2D eigenvalue weighted by molar-refractivity contribution is 5.94. The standard InChI is InChI=1S/C35H32N6O2/c1-43-24-30(25-14-6-2-7-15-25)38-34(42)39-32-22-31-29(23-37-32)33(36)40-41(31)35(26-16-8-3-9-17-26,27-18-10-4-11-19-27)28-20-12-5-13-21-28/h2-23,30H,24H2,1H3,(H2,36,40)(H2,37,38,39,42). The molecule has 6 aromatic rings. The van der Waals surface area contributed by atoms with E-state index in [2.05, 4.69) is 52.0 Å². The van der Waals surface area contributed by atoms with E-state index in [1.165, 1.54) is 0 Å². The van der Waals surface area contributed by atoms with Crippen LogP contribution in [0.15, 0.2) is 134 Å². The average Bonchev–Trinajstić information content (AvgIpc) is 3.38. The van der Waals surface area contributed by atoms with E-state index in [0.717, 1.165) is 27.8 Å². The number of pyridine rings is 1. The molecule has 43 heavy (non-hydrogen) atoms. The molecule has 8 nitrogen and oxygen atoms in total. The van der Waals surface area contributed by atoms with Crippen molar-refractivity contribution in [2.24, 2.45) is 0 Å². The summed E-state index contributed by atoms with van der Waals surface area (Å²) in [6.45, 7) is 0.320. The lowest BCUT2D eigenvalue weighted by molar-refractivity contribution is 0.168. The number of urea groups is 1. The second kappa shape index (κ2) is 12.2. The van der Waals surface area contributed by atoms with Gasteiger partial charge in [-0.3, -0.25) is 5.32 Å². The molecule has 214 valence electrons. The minimum absolute atomic E-state index is 0.320. The van der Waals surface area contributed by atoms with Gasteiger partial charge in [0.25, 0.3) is 0 Å². The smallest absolute Gasteiger partial charge is 0.320 e. The highest BCUT2D eigenvalue weighted by atomic mass is 16.5.